The van der Waals surface area contributed by atoms with Crippen molar-refractivity contribution in [3.8, 4) is 5.75 Å². The number of fused-ring (bicyclic) bond motifs is 3. The van der Waals surface area contributed by atoms with Crippen LogP contribution in [0.2, 0.25) is 0 Å². The van der Waals surface area contributed by atoms with E-state index in [4.69, 9.17) is 14.5 Å². The smallest absolute Gasteiger partial charge is 0.332 e. The molecular formula is C24H32N6O4. The van der Waals surface area contributed by atoms with Gasteiger partial charge in [-0.3, -0.25) is 18.8 Å². The average Bonchev–Trinajstić information content (AvgIpc) is 3.23. The third-order valence-corrected chi connectivity index (χ3v) is 6.65. The zero-order valence-corrected chi connectivity index (χ0v) is 20.1. The van der Waals surface area contributed by atoms with Crippen molar-refractivity contribution in [3.05, 3.63) is 45.1 Å². The van der Waals surface area contributed by atoms with Gasteiger partial charge in [0.15, 0.2) is 11.2 Å². The van der Waals surface area contributed by atoms with Crippen molar-refractivity contribution in [1.82, 2.24) is 23.6 Å². The van der Waals surface area contributed by atoms with Gasteiger partial charge in [0.05, 0.1) is 19.8 Å². The number of benzene rings is 1. The van der Waals surface area contributed by atoms with Gasteiger partial charge in [-0.25, -0.2) is 4.79 Å². The topological polar surface area (TPSA) is 86.8 Å². The summed E-state index contributed by atoms with van der Waals surface area (Å²) in [6.07, 6.45) is 0. The van der Waals surface area contributed by atoms with Gasteiger partial charge in [-0.15, -0.1) is 0 Å². The number of aryl methyl sites for hydroxylation is 1. The minimum Gasteiger partial charge on any atom is -0.494 e. The number of aromatic nitrogens is 4. The van der Waals surface area contributed by atoms with Gasteiger partial charge in [-0.1, -0.05) is 6.92 Å². The summed E-state index contributed by atoms with van der Waals surface area (Å²) in [7, 11) is 1.69. The molecule has 0 radical (unpaired) electrons. The molecule has 0 bridgehead atoms. The molecule has 0 saturated carbocycles. The van der Waals surface area contributed by atoms with Crippen molar-refractivity contribution < 1.29 is 9.47 Å². The zero-order chi connectivity index (χ0) is 23.8. The maximum atomic E-state index is 13.6. The van der Waals surface area contributed by atoms with Gasteiger partial charge in [0, 0.05) is 52.0 Å². The zero-order valence-electron chi connectivity index (χ0n) is 20.1. The summed E-state index contributed by atoms with van der Waals surface area (Å²) in [5.41, 5.74) is 1.29. The molecule has 0 unspecified atom stereocenters. The van der Waals surface area contributed by atoms with Gasteiger partial charge < -0.3 is 18.9 Å². The number of hydrogen-bond acceptors (Lipinski definition) is 7. The minimum absolute atomic E-state index is 0.272. The van der Waals surface area contributed by atoms with Crippen molar-refractivity contribution >= 4 is 22.8 Å². The lowest BCUT2D eigenvalue weighted by Crippen LogP contribution is -2.44. The third-order valence-electron chi connectivity index (χ3n) is 6.65. The minimum atomic E-state index is -0.332. The van der Waals surface area contributed by atoms with E-state index in [1.807, 2.05) is 35.8 Å². The molecule has 1 fully saturated rings. The molecule has 5 rings (SSSR count). The number of hydrogen-bond donors (Lipinski definition) is 0. The van der Waals surface area contributed by atoms with Crippen molar-refractivity contribution in [2.24, 2.45) is 13.0 Å². The summed E-state index contributed by atoms with van der Waals surface area (Å²) >= 11 is 0. The highest BCUT2D eigenvalue weighted by atomic mass is 16.5. The van der Waals surface area contributed by atoms with Crippen LogP contribution in [-0.4, -0.2) is 69.6 Å². The van der Waals surface area contributed by atoms with Gasteiger partial charge in [-0.2, -0.15) is 4.98 Å². The molecule has 0 spiro atoms. The molecule has 4 heterocycles. The monoisotopic (exact) mass is 468 g/mol. The number of ether oxygens (including phenoxy) is 2. The molecule has 0 N–H and O–H groups in total. The van der Waals surface area contributed by atoms with Crippen LogP contribution >= 0.6 is 0 Å². The van der Waals surface area contributed by atoms with Crippen LogP contribution in [0, 0.1) is 5.92 Å². The molecule has 2 aliphatic heterocycles. The molecule has 34 heavy (non-hydrogen) atoms. The molecule has 10 nitrogen and oxygen atoms in total. The highest BCUT2D eigenvalue weighted by molar-refractivity contribution is 5.77. The van der Waals surface area contributed by atoms with Crippen LogP contribution in [0.25, 0.3) is 11.2 Å². The van der Waals surface area contributed by atoms with Crippen molar-refractivity contribution in [2.45, 2.75) is 26.9 Å². The van der Waals surface area contributed by atoms with Crippen LogP contribution in [0.15, 0.2) is 33.9 Å². The second kappa shape index (κ2) is 9.27. The van der Waals surface area contributed by atoms with Crippen molar-refractivity contribution in [2.75, 3.05) is 50.9 Å². The quantitative estimate of drug-likeness (QED) is 0.541. The molecule has 10 heteroatoms. The number of rotatable bonds is 6. The summed E-state index contributed by atoms with van der Waals surface area (Å²) in [5, 5.41) is 0. The Balaban J connectivity index is 1.56. The first-order valence-electron chi connectivity index (χ1n) is 12.0. The largest absolute Gasteiger partial charge is 0.494 e. The Morgan fingerprint density at radius 1 is 1.09 bits per heavy atom. The van der Waals surface area contributed by atoms with Crippen LogP contribution in [0.1, 0.15) is 13.8 Å². The van der Waals surface area contributed by atoms with Gasteiger partial charge in [0.1, 0.15) is 5.75 Å². The first-order valence-corrected chi connectivity index (χ1v) is 12.0. The Labute approximate surface area is 197 Å². The van der Waals surface area contributed by atoms with Crippen LogP contribution < -0.4 is 20.9 Å². The Morgan fingerprint density at radius 2 is 1.82 bits per heavy atom. The van der Waals surface area contributed by atoms with Gasteiger partial charge in [0.25, 0.3) is 5.56 Å². The van der Waals surface area contributed by atoms with E-state index in [-0.39, 0.29) is 11.2 Å². The normalized spacial score (nSPS) is 18.9. The summed E-state index contributed by atoms with van der Waals surface area (Å²) in [6, 6.07) is 7.90. The SMILES string of the molecule is CCOc1ccc(N2C[C@@H](C)Cn3c2nc2c3c(=O)n(CCN3CCOCC3)c(=O)n2C)cc1. The fourth-order valence-corrected chi connectivity index (χ4v) is 4.88. The van der Waals surface area contributed by atoms with Crippen molar-refractivity contribution in [3.63, 3.8) is 0 Å². The van der Waals surface area contributed by atoms with E-state index in [1.165, 1.54) is 9.13 Å². The lowest BCUT2D eigenvalue weighted by Gasteiger charge is -2.33. The lowest BCUT2D eigenvalue weighted by molar-refractivity contribution is 0.0361. The maximum absolute atomic E-state index is 13.6. The Morgan fingerprint density at radius 3 is 2.53 bits per heavy atom. The summed E-state index contributed by atoms with van der Waals surface area (Å²) in [4.78, 5) is 35.8. The molecule has 1 aromatic carbocycles. The van der Waals surface area contributed by atoms with E-state index < -0.39 is 0 Å². The molecule has 1 saturated heterocycles. The second-order valence-electron chi connectivity index (χ2n) is 9.09. The summed E-state index contributed by atoms with van der Waals surface area (Å²) in [5.74, 6) is 1.81. The standard InChI is InChI=1S/C24H32N6O4/c1-4-34-19-7-5-18(6-8-19)29-15-17(2)16-30-20-21(25-23(29)30)26(3)24(32)28(22(20)31)10-9-27-11-13-33-14-12-27/h5-8,17H,4,9-16H2,1-3H3/t17-/m1/s1. The van der Waals surface area contributed by atoms with Gasteiger partial charge >= 0.3 is 5.69 Å². The molecule has 2 aromatic heterocycles. The van der Waals surface area contributed by atoms with Gasteiger partial charge in [-0.05, 0) is 37.1 Å². The first kappa shape index (κ1) is 22.7. The first-order chi connectivity index (χ1) is 16.5. The number of imidazole rings is 1. The van der Waals surface area contributed by atoms with E-state index in [0.29, 0.717) is 62.5 Å². The molecule has 0 aliphatic carbocycles. The predicted octanol–water partition coefficient (Wildman–Crippen LogP) is 1.42. The van der Waals surface area contributed by atoms with Gasteiger partial charge in [0.2, 0.25) is 5.95 Å². The van der Waals surface area contributed by atoms with Crippen molar-refractivity contribution in [1.29, 1.82) is 0 Å². The molecule has 0 amide bonds. The van der Waals surface area contributed by atoms with E-state index in [9.17, 15) is 9.59 Å². The summed E-state index contributed by atoms with van der Waals surface area (Å²) < 4.78 is 15.8. The molecule has 2 aliphatic rings. The fraction of sp³-hybridized carbons (Fsp3) is 0.542. The van der Waals surface area contributed by atoms with E-state index >= 15 is 0 Å². The average molecular weight is 469 g/mol. The Hall–Kier alpha value is -3.11. The second-order valence-corrected chi connectivity index (χ2v) is 9.09. The Bertz CT molecular complexity index is 1290. The Kier molecular flexibility index (Phi) is 6.18. The molecule has 3 aromatic rings. The van der Waals surface area contributed by atoms with Crippen LogP contribution in [0.3, 0.4) is 0 Å². The van der Waals surface area contributed by atoms with E-state index in [0.717, 1.165) is 31.1 Å². The molecule has 1 atom stereocenters. The highest BCUT2D eigenvalue weighted by Crippen LogP contribution is 2.33. The third kappa shape index (κ3) is 4.01. The van der Waals surface area contributed by atoms with E-state index in [2.05, 4.69) is 16.7 Å². The predicted molar refractivity (Wildman–Crippen MR) is 130 cm³/mol. The van der Waals surface area contributed by atoms with E-state index in [1.54, 1.807) is 7.05 Å². The van der Waals surface area contributed by atoms with Crippen LogP contribution in [0.4, 0.5) is 11.6 Å². The highest BCUT2D eigenvalue weighted by Gasteiger charge is 2.30. The lowest BCUT2D eigenvalue weighted by atomic mass is 10.1. The fourth-order valence-electron chi connectivity index (χ4n) is 4.88. The number of anilines is 2. The maximum Gasteiger partial charge on any atom is 0.332 e. The number of morpholine rings is 1. The van der Waals surface area contributed by atoms with Crippen LogP contribution in [0.5, 0.6) is 5.75 Å². The van der Waals surface area contributed by atoms with Crippen LogP contribution in [-0.2, 0) is 24.9 Å². The number of nitrogens with zero attached hydrogens (tertiary/aromatic N) is 6. The summed E-state index contributed by atoms with van der Waals surface area (Å²) in [6.45, 7) is 10.2. The molecular weight excluding hydrogens is 436 g/mol. The molecule has 182 valence electrons.